The molecule has 1 aromatic rings. The van der Waals surface area contributed by atoms with Gasteiger partial charge in [-0.05, 0) is 19.8 Å². The molecule has 0 radical (unpaired) electrons. The molecule has 2 heterocycles. The fourth-order valence-electron chi connectivity index (χ4n) is 1.93. The van der Waals surface area contributed by atoms with Crippen molar-refractivity contribution in [2.24, 2.45) is 0 Å². The summed E-state index contributed by atoms with van der Waals surface area (Å²) in [6, 6.07) is 0. The van der Waals surface area contributed by atoms with E-state index >= 15 is 0 Å². The van der Waals surface area contributed by atoms with Gasteiger partial charge in [-0.2, -0.15) is 0 Å². The minimum Gasteiger partial charge on any atom is -0.373 e. The summed E-state index contributed by atoms with van der Waals surface area (Å²) in [4.78, 5) is 20.0. The van der Waals surface area contributed by atoms with Crippen LogP contribution in [0, 0.1) is 0 Å². The van der Waals surface area contributed by atoms with Crippen molar-refractivity contribution in [3.05, 3.63) is 18.1 Å². The molecule has 1 aliphatic heterocycles. The Bertz CT molecular complexity index is 430. The quantitative estimate of drug-likeness (QED) is 0.827. The molecule has 98 valence electrons. The van der Waals surface area contributed by atoms with Gasteiger partial charge in [0, 0.05) is 20.2 Å². The molecular formula is C12H18N4O2. The lowest BCUT2D eigenvalue weighted by Crippen LogP contribution is -2.40. The molecule has 0 bridgehead atoms. The number of hydrogen-bond donors (Lipinski definition) is 2. The molecule has 6 nitrogen and oxygen atoms in total. The zero-order valence-corrected chi connectivity index (χ0v) is 10.7. The van der Waals surface area contributed by atoms with Gasteiger partial charge in [-0.15, -0.1) is 0 Å². The van der Waals surface area contributed by atoms with E-state index in [0.29, 0.717) is 18.1 Å². The summed E-state index contributed by atoms with van der Waals surface area (Å²) >= 11 is 0. The van der Waals surface area contributed by atoms with Crippen LogP contribution in [0.15, 0.2) is 12.4 Å². The molecule has 1 saturated heterocycles. The van der Waals surface area contributed by atoms with E-state index < -0.39 is 0 Å². The van der Waals surface area contributed by atoms with Crippen molar-refractivity contribution in [3.63, 3.8) is 0 Å². The molecule has 6 heteroatoms. The number of aromatic nitrogens is 2. The van der Waals surface area contributed by atoms with Crippen molar-refractivity contribution in [1.82, 2.24) is 15.3 Å². The summed E-state index contributed by atoms with van der Waals surface area (Å²) in [6.45, 7) is 3.27. The van der Waals surface area contributed by atoms with Gasteiger partial charge in [0.25, 0.3) is 5.91 Å². The molecule has 0 spiro atoms. The van der Waals surface area contributed by atoms with Crippen LogP contribution >= 0.6 is 0 Å². The summed E-state index contributed by atoms with van der Waals surface area (Å²) in [5, 5.41) is 5.69. The molecule has 1 atom stereocenters. The first-order valence-corrected chi connectivity index (χ1v) is 6.05. The van der Waals surface area contributed by atoms with Crippen LogP contribution in [0.3, 0.4) is 0 Å². The number of anilines is 1. The van der Waals surface area contributed by atoms with E-state index in [1.165, 1.54) is 6.20 Å². The van der Waals surface area contributed by atoms with Gasteiger partial charge in [0.1, 0.15) is 11.5 Å². The summed E-state index contributed by atoms with van der Waals surface area (Å²) in [5.74, 6) is 0.349. The molecule has 1 aliphatic rings. The van der Waals surface area contributed by atoms with E-state index in [9.17, 15) is 4.79 Å². The maximum Gasteiger partial charge on any atom is 0.271 e. The fourth-order valence-corrected chi connectivity index (χ4v) is 1.93. The second kappa shape index (κ2) is 5.30. The third-order valence-electron chi connectivity index (χ3n) is 3.05. The normalized spacial score (nSPS) is 22.8. The number of ether oxygens (including phenoxy) is 1. The molecular weight excluding hydrogens is 232 g/mol. The highest BCUT2D eigenvalue weighted by molar-refractivity contribution is 5.92. The Kier molecular flexibility index (Phi) is 3.76. The fraction of sp³-hybridized carbons (Fsp3) is 0.583. The summed E-state index contributed by atoms with van der Waals surface area (Å²) in [7, 11) is 1.74. The van der Waals surface area contributed by atoms with Gasteiger partial charge >= 0.3 is 0 Å². The lowest BCUT2D eigenvalue weighted by Gasteiger charge is -2.23. The zero-order valence-electron chi connectivity index (χ0n) is 10.7. The van der Waals surface area contributed by atoms with Crippen molar-refractivity contribution in [2.45, 2.75) is 25.4 Å². The molecule has 0 saturated carbocycles. The average Bonchev–Trinajstić information content (AvgIpc) is 2.83. The summed E-state index contributed by atoms with van der Waals surface area (Å²) in [5.41, 5.74) is 0.0624. The minimum atomic E-state index is -0.246. The largest absolute Gasteiger partial charge is 0.373 e. The Morgan fingerprint density at radius 2 is 2.39 bits per heavy atom. The summed E-state index contributed by atoms with van der Waals surface area (Å²) < 4.78 is 5.61. The van der Waals surface area contributed by atoms with Crippen molar-refractivity contribution in [2.75, 3.05) is 25.5 Å². The third kappa shape index (κ3) is 2.95. The number of nitrogens with one attached hydrogen (secondary N) is 2. The molecule has 1 aromatic heterocycles. The van der Waals surface area contributed by atoms with Gasteiger partial charge in [-0.25, -0.2) is 4.98 Å². The van der Waals surface area contributed by atoms with E-state index in [0.717, 1.165) is 19.4 Å². The maximum atomic E-state index is 11.9. The van der Waals surface area contributed by atoms with Gasteiger partial charge in [-0.3, -0.25) is 9.78 Å². The highest BCUT2D eigenvalue weighted by atomic mass is 16.5. The Hall–Kier alpha value is -1.69. The third-order valence-corrected chi connectivity index (χ3v) is 3.05. The van der Waals surface area contributed by atoms with Crippen molar-refractivity contribution >= 4 is 11.7 Å². The monoisotopic (exact) mass is 250 g/mol. The van der Waals surface area contributed by atoms with Crippen molar-refractivity contribution < 1.29 is 9.53 Å². The number of carbonyl (C=O) groups is 1. The lowest BCUT2D eigenvalue weighted by atomic mass is 10.0. The van der Waals surface area contributed by atoms with Gasteiger partial charge in [-0.1, -0.05) is 0 Å². The number of rotatable bonds is 4. The Morgan fingerprint density at radius 1 is 1.56 bits per heavy atom. The van der Waals surface area contributed by atoms with Crippen LogP contribution in [0.1, 0.15) is 30.3 Å². The second-order valence-electron chi connectivity index (χ2n) is 4.62. The molecule has 2 N–H and O–H groups in total. The van der Waals surface area contributed by atoms with E-state index in [1.54, 1.807) is 13.2 Å². The predicted molar refractivity (Wildman–Crippen MR) is 67.5 cm³/mol. The molecule has 1 amide bonds. The smallest absolute Gasteiger partial charge is 0.271 e. The number of carbonyl (C=O) groups excluding carboxylic acids is 1. The Labute approximate surface area is 106 Å². The van der Waals surface area contributed by atoms with Crippen LogP contribution < -0.4 is 10.6 Å². The van der Waals surface area contributed by atoms with E-state index in [-0.39, 0.29) is 11.5 Å². The first-order valence-electron chi connectivity index (χ1n) is 6.05. The van der Waals surface area contributed by atoms with Crippen LogP contribution in [0.4, 0.5) is 5.82 Å². The summed E-state index contributed by atoms with van der Waals surface area (Å²) in [6.07, 6.45) is 5.03. The molecule has 0 aromatic carbocycles. The van der Waals surface area contributed by atoms with Gasteiger partial charge in [0.15, 0.2) is 0 Å². The van der Waals surface area contributed by atoms with Crippen LogP contribution in [-0.4, -0.2) is 41.7 Å². The highest BCUT2D eigenvalue weighted by Gasteiger charge is 2.30. The van der Waals surface area contributed by atoms with Crippen LogP contribution in [-0.2, 0) is 4.74 Å². The van der Waals surface area contributed by atoms with E-state index in [1.807, 2.05) is 6.92 Å². The van der Waals surface area contributed by atoms with Gasteiger partial charge in [0.05, 0.1) is 18.0 Å². The number of nitrogens with zero attached hydrogens (tertiary/aromatic N) is 2. The second-order valence-corrected chi connectivity index (χ2v) is 4.62. The average molecular weight is 250 g/mol. The topological polar surface area (TPSA) is 76.1 Å². The number of amides is 1. The molecule has 18 heavy (non-hydrogen) atoms. The van der Waals surface area contributed by atoms with Crippen molar-refractivity contribution in [1.29, 1.82) is 0 Å². The number of hydrogen-bond acceptors (Lipinski definition) is 5. The zero-order chi connectivity index (χ0) is 13.0. The molecule has 2 rings (SSSR count). The first-order chi connectivity index (χ1) is 8.63. The Morgan fingerprint density at radius 3 is 3.06 bits per heavy atom. The highest BCUT2D eigenvalue weighted by Crippen LogP contribution is 2.23. The van der Waals surface area contributed by atoms with Gasteiger partial charge < -0.3 is 15.4 Å². The maximum absolute atomic E-state index is 11.9. The first kappa shape index (κ1) is 12.8. The SMILES string of the molecule is CNc1cncc(C(=O)NCC2(C)CCCO2)n1. The van der Waals surface area contributed by atoms with E-state index in [4.69, 9.17) is 4.74 Å². The van der Waals surface area contributed by atoms with Crippen LogP contribution in [0.5, 0.6) is 0 Å². The molecule has 1 unspecified atom stereocenters. The van der Waals surface area contributed by atoms with Crippen LogP contribution in [0.25, 0.3) is 0 Å². The minimum absolute atomic E-state index is 0.226. The van der Waals surface area contributed by atoms with Crippen molar-refractivity contribution in [3.8, 4) is 0 Å². The van der Waals surface area contributed by atoms with Gasteiger partial charge in [0.2, 0.25) is 0 Å². The Balaban J connectivity index is 1.94. The van der Waals surface area contributed by atoms with E-state index in [2.05, 4.69) is 20.6 Å². The standard InChI is InChI=1S/C12H18N4O2/c1-12(4-3-5-18-12)8-15-11(17)9-6-14-7-10(13-2)16-9/h6-7H,3-5,8H2,1-2H3,(H,13,16)(H,15,17). The predicted octanol–water partition coefficient (Wildman–Crippen LogP) is 0.817. The lowest BCUT2D eigenvalue weighted by molar-refractivity contribution is 0.0205. The molecule has 1 fully saturated rings. The van der Waals surface area contributed by atoms with Crippen LogP contribution in [0.2, 0.25) is 0 Å². The molecule has 0 aliphatic carbocycles.